The minimum Gasteiger partial charge on any atom is -0.326 e. The van der Waals surface area contributed by atoms with E-state index in [0.717, 1.165) is 35.7 Å². The third-order valence-corrected chi connectivity index (χ3v) is 4.16. The molecule has 0 aromatic heterocycles. The zero-order chi connectivity index (χ0) is 12.6. The first kappa shape index (κ1) is 11.9. The summed E-state index contributed by atoms with van der Waals surface area (Å²) in [4.78, 5) is 16.8. The van der Waals surface area contributed by atoms with Gasteiger partial charge in [0.1, 0.15) is 11.4 Å². The van der Waals surface area contributed by atoms with Crippen LogP contribution in [0.5, 0.6) is 0 Å². The van der Waals surface area contributed by atoms with E-state index in [2.05, 4.69) is 21.2 Å². The first-order chi connectivity index (χ1) is 8.69. The average molecular weight is 307 g/mol. The van der Waals surface area contributed by atoms with Crippen molar-refractivity contribution in [3.63, 3.8) is 0 Å². The fraction of sp³-hybridized carbons (Fsp3) is 0.429. The summed E-state index contributed by atoms with van der Waals surface area (Å²) >= 11 is 3.43. The largest absolute Gasteiger partial charge is 0.326 e. The molecule has 1 aromatic rings. The molecule has 1 fully saturated rings. The van der Waals surface area contributed by atoms with Crippen molar-refractivity contribution >= 4 is 27.5 Å². The molecule has 0 saturated heterocycles. The quantitative estimate of drug-likeness (QED) is 0.851. The normalized spacial score (nSPS) is 21.8. The zero-order valence-corrected chi connectivity index (χ0v) is 11.7. The van der Waals surface area contributed by atoms with Gasteiger partial charge in [0.25, 0.3) is 5.91 Å². The van der Waals surface area contributed by atoms with Crippen molar-refractivity contribution in [2.75, 3.05) is 0 Å². The minimum absolute atomic E-state index is 0.0324. The maximum absolute atomic E-state index is 12.1. The maximum atomic E-state index is 12.1. The highest BCUT2D eigenvalue weighted by Crippen LogP contribution is 2.33. The summed E-state index contributed by atoms with van der Waals surface area (Å²) in [6.45, 7) is 0. The number of rotatable bonds is 1. The number of aliphatic imine (C=N–C) groups is 1. The Morgan fingerprint density at radius 3 is 2.72 bits per heavy atom. The molecule has 1 saturated carbocycles. The number of carbonyl (C=O) groups is 1. The molecule has 3 rings (SSSR count). The lowest BCUT2D eigenvalue weighted by Crippen LogP contribution is -2.43. The van der Waals surface area contributed by atoms with E-state index in [1.165, 1.54) is 6.42 Å². The van der Waals surface area contributed by atoms with Crippen LogP contribution in [0.1, 0.15) is 37.7 Å². The highest BCUT2D eigenvalue weighted by Gasteiger charge is 2.40. The Morgan fingerprint density at radius 1 is 1.22 bits per heavy atom. The topological polar surface area (TPSA) is 41.5 Å². The van der Waals surface area contributed by atoms with Crippen LogP contribution in [-0.4, -0.2) is 17.3 Å². The SMILES string of the molecule is O=C1NC2(CCCCC2)N=C1c1cccc(Br)c1. The number of amides is 1. The van der Waals surface area contributed by atoms with Crippen molar-refractivity contribution in [3.05, 3.63) is 34.3 Å². The minimum atomic E-state index is -0.313. The third-order valence-electron chi connectivity index (χ3n) is 3.67. The summed E-state index contributed by atoms with van der Waals surface area (Å²) in [6.07, 6.45) is 5.48. The van der Waals surface area contributed by atoms with E-state index in [1.54, 1.807) is 0 Å². The van der Waals surface area contributed by atoms with E-state index in [-0.39, 0.29) is 11.6 Å². The second kappa shape index (κ2) is 4.50. The lowest BCUT2D eigenvalue weighted by Gasteiger charge is -2.30. The van der Waals surface area contributed by atoms with Gasteiger partial charge in [0.05, 0.1) is 0 Å². The van der Waals surface area contributed by atoms with Gasteiger partial charge in [0.2, 0.25) is 0 Å². The van der Waals surface area contributed by atoms with E-state index in [9.17, 15) is 4.79 Å². The Balaban J connectivity index is 1.96. The molecule has 1 spiro atoms. The molecule has 3 nitrogen and oxygen atoms in total. The van der Waals surface area contributed by atoms with Crippen molar-refractivity contribution in [3.8, 4) is 0 Å². The van der Waals surface area contributed by atoms with Crippen LogP contribution in [0.2, 0.25) is 0 Å². The summed E-state index contributed by atoms with van der Waals surface area (Å²) in [5, 5.41) is 3.08. The molecule has 1 aliphatic heterocycles. The van der Waals surface area contributed by atoms with Crippen LogP contribution in [0.4, 0.5) is 0 Å². The number of hydrogen-bond donors (Lipinski definition) is 1. The monoisotopic (exact) mass is 306 g/mol. The number of nitrogens with one attached hydrogen (secondary N) is 1. The van der Waals surface area contributed by atoms with Crippen LogP contribution in [0, 0.1) is 0 Å². The van der Waals surface area contributed by atoms with Crippen LogP contribution in [0.15, 0.2) is 33.7 Å². The number of halogens is 1. The first-order valence-corrected chi connectivity index (χ1v) is 7.16. The van der Waals surface area contributed by atoms with E-state index in [4.69, 9.17) is 4.99 Å². The van der Waals surface area contributed by atoms with Crippen LogP contribution in [0.25, 0.3) is 0 Å². The van der Waals surface area contributed by atoms with E-state index >= 15 is 0 Å². The van der Waals surface area contributed by atoms with Crippen LogP contribution in [0.3, 0.4) is 0 Å². The highest BCUT2D eigenvalue weighted by molar-refractivity contribution is 9.10. The molecule has 0 radical (unpaired) electrons. The molecule has 2 aliphatic rings. The highest BCUT2D eigenvalue weighted by atomic mass is 79.9. The van der Waals surface area contributed by atoms with Crippen molar-refractivity contribution in [1.29, 1.82) is 0 Å². The molecule has 1 amide bonds. The fourth-order valence-electron chi connectivity index (χ4n) is 2.77. The van der Waals surface area contributed by atoms with Gasteiger partial charge in [-0.3, -0.25) is 9.79 Å². The fourth-order valence-corrected chi connectivity index (χ4v) is 3.17. The van der Waals surface area contributed by atoms with Crippen molar-refractivity contribution in [2.24, 2.45) is 4.99 Å². The maximum Gasteiger partial charge on any atom is 0.272 e. The first-order valence-electron chi connectivity index (χ1n) is 6.37. The molecule has 0 atom stereocenters. The van der Waals surface area contributed by atoms with Gasteiger partial charge in [-0.1, -0.05) is 34.5 Å². The molecule has 1 heterocycles. The van der Waals surface area contributed by atoms with Gasteiger partial charge in [-0.2, -0.15) is 0 Å². The molecule has 0 unspecified atom stereocenters. The van der Waals surface area contributed by atoms with Gasteiger partial charge in [-0.25, -0.2) is 0 Å². The van der Waals surface area contributed by atoms with Crippen molar-refractivity contribution < 1.29 is 4.79 Å². The van der Waals surface area contributed by atoms with Crippen LogP contribution in [-0.2, 0) is 4.79 Å². The van der Waals surface area contributed by atoms with Gasteiger partial charge in [-0.05, 0) is 37.8 Å². The Hall–Kier alpha value is -1.16. The molecular formula is C14H15BrN2O. The summed E-state index contributed by atoms with van der Waals surface area (Å²) in [6, 6.07) is 7.76. The molecular weight excluding hydrogens is 292 g/mol. The number of nitrogens with zero attached hydrogens (tertiary/aromatic N) is 1. The second-order valence-corrected chi connectivity index (χ2v) is 5.93. The van der Waals surface area contributed by atoms with Crippen LogP contribution >= 0.6 is 15.9 Å². The number of hydrogen-bond acceptors (Lipinski definition) is 2. The lowest BCUT2D eigenvalue weighted by molar-refractivity contribution is -0.115. The molecule has 0 bridgehead atoms. The molecule has 18 heavy (non-hydrogen) atoms. The van der Waals surface area contributed by atoms with Gasteiger partial charge < -0.3 is 5.32 Å². The van der Waals surface area contributed by atoms with Gasteiger partial charge >= 0.3 is 0 Å². The third kappa shape index (κ3) is 2.09. The zero-order valence-electron chi connectivity index (χ0n) is 10.1. The van der Waals surface area contributed by atoms with E-state index < -0.39 is 0 Å². The van der Waals surface area contributed by atoms with Gasteiger partial charge in [0, 0.05) is 10.0 Å². The molecule has 1 aliphatic carbocycles. The molecule has 94 valence electrons. The Labute approximate surface area is 115 Å². The molecule has 4 heteroatoms. The van der Waals surface area contributed by atoms with Gasteiger partial charge in [0.15, 0.2) is 0 Å². The summed E-state index contributed by atoms with van der Waals surface area (Å²) in [5.41, 5.74) is 1.16. The van der Waals surface area contributed by atoms with Crippen molar-refractivity contribution in [1.82, 2.24) is 5.32 Å². The molecule has 1 N–H and O–H groups in total. The van der Waals surface area contributed by atoms with E-state index in [0.29, 0.717) is 5.71 Å². The lowest BCUT2D eigenvalue weighted by atomic mass is 9.90. The summed E-state index contributed by atoms with van der Waals surface area (Å²) in [7, 11) is 0. The Bertz CT molecular complexity index is 518. The number of carbonyl (C=O) groups excluding carboxylic acids is 1. The predicted octanol–water partition coefficient (Wildman–Crippen LogP) is 3.03. The predicted molar refractivity (Wildman–Crippen MR) is 74.6 cm³/mol. The molecule has 1 aromatic carbocycles. The Morgan fingerprint density at radius 2 is 2.00 bits per heavy atom. The van der Waals surface area contributed by atoms with Gasteiger partial charge in [-0.15, -0.1) is 0 Å². The summed E-state index contributed by atoms with van der Waals surface area (Å²) in [5.74, 6) is -0.0324. The average Bonchev–Trinajstić information content (AvgIpc) is 2.67. The van der Waals surface area contributed by atoms with Crippen LogP contribution < -0.4 is 5.32 Å². The number of benzene rings is 1. The smallest absolute Gasteiger partial charge is 0.272 e. The van der Waals surface area contributed by atoms with E-state index in [1.807, 2.05) is 24.3 Å². The summed E-state index contributed by atoms with van der Waals surface area (Å²) < 4.78 is 0.972. The Kier molecular flexibility index (Phi) is 2.98. The second-order valence-electron chi connectivity index (χ2n) is 5.02. The standard InChI is InChI=1S/C14H15BrN2O/c15-11-6-4-5-10(9-11)12-13(18)17-14(16-12)7-2-1-3-8-14/h4-6,9H,1-3,7-8H2,(H,17,18). The van der Waals surface area contributed by atoms with Crippen molar-refractivity contribution in [2.45, 2.75) is 37.8 Å².